The maximum atomic E-state index is 13.0. The van der Waals surface area contributed by atoms with Crippen LogP contribution in [0.15, 0.2) is 58.2 Å². The van der Waals surface area contributed by atoms with Gasteiger partial charge in [0.2, 0.25) is 0 Å². The molecule has 3 aromatic rings. The molecule has 4 rings (SSSR count). The third kappa shape index (κ3) is 4.63. The zero-order valence-corrected chi connectivity index (χ0v) is 15.1. The third-order valence-corrected chi connectivity index (χ3v) is 4.33. The summed E-state index contributed by atoms with van der Waals surface area (Å²) in [6.07, 6.45) is 0.221. The summed E-state index contributed by atoms with van der Waals surface area (Å²) in [4.78, 5) is 21.8. The van der Waals surface area contributed by atoms with E-state index in [1.165, 1.54) is 24.3 Å². The predicted octanol–water partition coefficient (Wildman–Crippen LogP) is 3.02. The minimum Gasteiger partial charge on any atom is -0.391 e. The number of nitrogens with zero attached hydrogens (tertiary/aromatic N) is 3. The molecule has 0 fully saturated rings. The topological polar surface area (TPSA) is 89.6 Å². The lowest BCUT2D eigenvalue weighted by molar-refractivity contribution is -0.115. The number of hydrogen-bond donors (Lipinski definition) is 1. The lowest BCUT2D eigenvalue weighted by Crippen LogP contribution is -2.30. The molecule has 0 saturated heterocycles. The van der Waals surface area contributed by atoms with E-state index in [0.29, 0.717) is 24.2 Å². The Balaban J connectivity index is 1.29. The molecule has 1 aliphatic heterocycles. The van der Waals surface area contributed by atoms with Gasteiger partial charge in [0.25, 0.3) is 11.8 Å². The first-order valence-corrected chi connectivity index (χ1v) is 8.90. The first-order chi connectivity index (χ1) is 14.1. The van der Waals surface area contributed by atoms with E-state index >= 15 is 0 Å². The van der Waals surface area contributed by atoms with E-state index in [1.54, 1.807) is 24.3 Å². The van der Waals surface area contributed by atoms with Crippen LogP contribution in [0.2, 0.25) is 0 Å². The van der Waals surface area contributed by atoms with Crippen molar-refractivity contribution in [1.82, 2.24) is 15.5 Å². The molecule has 148 valence electrons. The molecule has 1 atom stereocenters. The van der Waals surface area contributed by atoms with Gasteiger partial charge in [-0.2, -0.15) is 4.98 Å². The van der Waals surface area contributed by atoms with Crippen LogP contribution in [-0.2, 0) is 22.6 Å². The second kappa shape index (κ2) is 8.17. The quantitative estimate of drug-likeness (QED) is 0.689. The van der Waals surface area contributed by atoms with Gasteiger partial charge in [0.05, 0.1) is 6.42 Å². The molecule has 1 aliphatic rings. The zero-order chi connectivity index (χ0) is 20.2. The van der Waals surface area contributed by atoms with E-state index in [1.807, 2.05) is 0 Å². The van der Waals surface area contributed by atoms with Crippen molar-refractivity contribution in [1.29, 1.82) is 0 Å². The Bertz CT molecular complexity index is 1030. The maximum Gasteiger partial charge on any atom is 0.269 e. The van der Waals surface area contributed by atoms with Gasteiger partial charge in [0.1, 0.15) is 23.5 Å². The molecule has 0 bridgehead atoms. The summed E-state index contributed by atoms with van der Waals surface area (Å²) in [6.45, 7) is 0.259. The Labute approximate surface area is 164 Å². The van der Waals surface area contributed by atoms with Crippen LogP contribution < -0.4 is 5.32 Å². The Kier molecular flexibility index (Phi) is 5.28. The largest absolute Gasteiger partial charge is 0.391 e. The molecule has 0 spiro atoms. The molecule has 0 saturated carbocycles. The highest BCUT2D eigenvalue weighted by molar-refractivity contribution is 6.39. The SMILES string of the molecule is O=C(NCc1ccc(F)cc1)C1=NO[C@@H](Cc2noc(-c3ccc(F)cc3)n2)C1. The van der Waals surface area contributed by atoms with E-state index in [0.717, 1.165) is 5.56 Å². The number of carbonyl (C=O) groups is 1. The zero-order valence-electron chi connectivity index (χ0n) is 15.1. The number of oxime groups is 1. The smallest absolute Gasteiger partial charge is 0.269 e. The summed E-state index contributed by atoms with van der Waals surface area (Å²) < 4.78 is 31.1. The fourth-order valence-electron chi connectivity index (χ4n) is 2.81. The van der Waals surface area contributed by atoms with Crippen LogP contribution in [0.3, 0.4) is 0 Å². The van der Waals surface area contributed by atoms with Crippen LogP contribution in [0.25, 0.3) is 11.5 Å². The first-order valence-electron chi connectivity index (χ1n) is 8.90. The van der Waals surface area contributed by atoms with Crippen LogP contribution >= 0.6 is 0 Å². The van der Waals surface area contributed by atoms with Gasteiger partial charge >= 0.3 is 0 Å². The first kappa shape index (κ1) is 18.7. The average Bonchev–Trinajstić information content (AvgIpc) is 3.38. The number of carbonyl (C=O) groups excluding carboxylic acids is 1. The van der Waals surface area contributed by atoms with Crippen molar-refractivity contribution in [3.05, 3.63) is 71.6 Å². The summed E-state index contributed by atoms with van der Waals surface area (Å²) in [5.74, 6) is -0.360. The molecule has 0 unspecified atom stereocenters. The third-order valence-electron chi connectivity index (χ3n) is 4.33. The number of hydrogen-bond acceptors (Lipinski definition) is 6. The lowest BCUT2D eigenvalue weighted by Gasteiger charge is -2.05. The Morgan fingerprint density at radius 2 is 1.76 bits per heavy atom. The van der Waals surface area contributed by atoms with E-state index in [9.17, 15) is 13.6 Å². The fraction of sp³-hybridized carbons (Fsp3) is 0.200. The van der Waals surface area contributed by atoms with Gasteiger partial charge in [-0.15, -0.1) is 0 Å². The highest BCUT2D eigenvalue weighted by Crippen LogP contribution is 2.20. The molecule has 1 aromatic heterocycles. The van der Waals surface area contributed by atoms with Crippen LogP contribution in [0.1, 0.15) is 17.8 Å². The Hall–Kier alpha value is -3.62. The van der Waals surface area contributed by atoms with Gasteiger partial charge in [0.15, 0.2) is 5.82 Å². The van der Waals surface area contributed by atoms with Gasteiger partial charge in [-0.1, -0.05) is 22.4 Å². The molecule has 7 nitrogen and oxygen atoms in total. The summed E-state index contributed by atoms with van der Waals surface area (Å²) >= 11 is 0. The second-order valence-electron chi connectivity index (χ2n) is 6.51. The molecular formula is C20H16F2N4O3. The van der Waals surface area contributed by atoms with E-state index in [-0.39, 0.29) is 41.8 Å². The van der Waals surface area contributed by atoms with Crippen molar-refractivity contribution in [3.8, 4) is 11.5 Å². The number of amides is 1. The monoisotopic (exact) mass is 398 g/mol. The minimum atomic E-state index is -0.389. The molecule has 2 aromatic carbocycles. The number of aromatic nitrogens is 2. The molecule has 0 radical (unpaired) electrons. The molecule has 9 heteroatoms. The van der Waals surface area contributed by atoms with E-state index < -0.39 is 0 Å². The normalized spacial score (nSPS) is 15.7. The van der Waals surface area contributed by atoms with Crippen molar-refractivity contribution in [2.75, 3.05) is 0 Å². The van der Waals surface area contributed by atoms with Gasteiger partial charge < -0.3 is 14.7 Å². The lowest BCUT2D eigenvalue weighted by atomic mass is 10.1. The van der Waals surface area contributed by atoms with Gasteiger partial charge in [-0.05, 0) is 42.0 Å². The van der Waals surface area contributed by atoms with E-state index in [4.69, 9.17) is 9.36 Å². The van der Waals surface area contributed by atoms with Crippen molar-refractivity contribution >= 4 is 11.6 Å². The number of nitrogens with one attached hydrogen (secondary N) is 1. The molecule has 1 N–H and O–H groups in total. The molecule has 29 heavy (non-hydrogen) atoms. The number of benzene rings is 2. The van der Waals surface area contributed by atoms with Crippen molar-refractivity contribution in [3.63, 3.8) is 0 Å². The highest BCUT2D eigenvalue weighted by Gasteiger charge is 2.27. The minimum absolute atomic E-state index is 0.259. The predicted molar refractivity (Wildman–Crippen MR) is 98.6 cm³/mol. The van der Waals surface area contributed by atoms with Crippen molar-refractivity contribution in [2.24, 2.45) is 5.16 Å². The Morgan fingerprint density at radius 3 is 2.48 bits per heavy atom. The van der Waals surface area contributed by atoms with Crippen molar-refractivity contribution in [2.45, 2.75) is 25.5 Å². The van der Waals surface area contributed by atoms with Crippen LogP contribution in [0.5, 0.6) is 0 Å². The van der Waals surface area contributed by atoms with Gasteiger partial charge in [-0.3, -0.25) is 4.79 Å². The standard InChI is InChI=1S/C20H16F2N4O3/c21-14-5-1-12(2-6-14)11-23-19(27)17-9-16(28-25-17)10-18-24-20(29-26-18)13-3-7-15(22)8-4-13/h1-8,16H,9-11H2,(H,23,27)/t16-/m1/s1. The van der Waals surface area contributed by atoms with Gasteiger partial charge in [0, 0.05) is 18.5 Å². The molecular weight excluding hydrogens is 382 g/mol. The maximum absolute atomic E-state index is 13.0. The average molecular weight is 398 g/mol. The molecule has 1 amide bonds. The number of rotatable bonds is 6. The van der Waals surface area contributed by atoms with Crippen LogP contribution in [-0.4, -0.2) is 27.9 Å². The van der Waals surface area contributed by atoms with E-state index in [2.05, 4.69) is 20.6 Å². The number of halogens is 2. The Morgan fingerprint density at radius 1 is 1.07 bits per heavy atom. The highest BCUT2D eigenvalue weighted by atomic mass is 19.1. The fourth-order valence-corrected chi connectivity index (χ4v) is 2.81. The summed E-state index contributed by atoms with van der Waals surface area (Å²) in [7, 11) is 0. The summed E-state index contributed by atoms with van der Waals surface area (Å²) in [5, 5.41) is 10.4. The second-order valence-corrected chi connectivity index (χ2v) is 6.51. The van der Waals surface area contributed by atoms with Crippen LogP contribution in [0, 0.1) is 11.6 Å². The van der Waals surface area contributed by atoms with Gasteiger partial charge in [-0.25, -0.2) is 8.78 Å². The summed E-state index contributed by atoms with van der Waals surface area (Å²) in [5.41, 5.74) is 1.64. The molecule has 2 heterocycles. The van der Waals surface area contributed by atoms with Crippen LogP contribution in [0.4, 0.5) is 8.78 Å². The van der Waals surface area contributed by atoms with Crippen molar-refractivity contribution < 1.29 is 22.9 Å². The summed E-state index contributed by atoms with van der Waals surface area (Å²) in [6, 6.07) is 11.6. The molecule has 0 aliphatic carbocycles.